The van der Waals surface area contributed by atoms with Crippen molar-refractivity contribution in [1.82, 2.24) is 14.7 Å². The van der Waals surface area contributed by atoms with E-state index in [2.05, 4.69) is 28.5 Å². The van der Waals surface area contributed by atoms with Crippen LogP contribution in [0.5, 0.6) is 0 Å². The zero-order chi connectivity index (χ0) is 15.6. The van der Waals surface area contributed by atoms with Crippen molar-refractivity contribution in [2.45, 2.75) is 44.7 Å². The van der Waals surface area contributed by atoms with Crippen molar-refractivity contribution in [3.8, 4) is 0 Å². The van der Waals surface area contributed by atoms with Gasteiger partial charge in [-0.2, -0.15) is 0 Å². The van der Waals surface area contributed by atoms with Gasteiger partial charge in [0.15, 0.2) is 5.03 Å². The van der Waals surface area contributed by atoms with Gasteiger partial charge in [0.25, 0.3) is 10.0 Å². The predicted molar refractivity (Wildman–Crippen MR) is 82.6 cm³/mol. The van der Waals surface area contributed by atoms with Gasteiger partial charge in [0, 0.05) is 6.04 Å². The highest BCUT2D eigenvalue weighted by Crippen LogP contribution is 2.20. The van der Waals surface area contributed by atoms with Crippen LogP contribution in [0.4, 0.5) is 0 Å². The molecule has 0 saturated carbocycles. The molecule has 21 heavy (non-hydrogen) atoms. The van der Waals surface area contributed by atoms with Crippen LogP contribution in [0, 0.1) is 6.92 Å². The Kier molecular flexibility index (Phi) is 4.49. The SMILES string of the molecule is Cc1ncc(S(=O)(=O)NC(C)c2ccc(C(C)C)cc2)[nH]1. The number of H-pyrrole nitrogens is 1. The second kappa shape index (κ2) is 5.99. The number of rotatable bonds is 5. The van der Waals surface area contributed by atoms with E-state index in [4.69, 9.17) is 0 Å². The molecule has 0 amide bonds. The monoisotopic (exact) mass is 307 g/mol. The third kappa shape index (κ3) is 3.71. The Balaban J connectivity index is 2.15. The normalized spacial score (nSPS) is 13.6. The van der Waals surface area contributed by atoms with E-state index in [1.54, 1.807) is 6.92 Å². The molecule has 0 aliphatic carbocycles. The number of sulfonamides is 1. The minimum absolute atomic E-state index is 0.0886. The maximum Gasteiger partial charge on any atom is 0.258 e. The first-order valence-electron chi connectivity index (χ1n) is 6.93. The second-order valence-corrected chi connectivity index (χ2v) is 7.18. The van der Waals surface area contributed by atoms with Crippen molar-refractivity contribution in [3.63, 3.8) is 0 Å². The van der Waals surface area contributed by atoms with Crippen molar-refractivity contribution >= 4 is 10.0 Å². The number of aromatic nitrogens is 2. The van der Waals surface area contributed by atoms with Gasteiger partial charge in [-0.15, -0.1) is 0 Å². The topological polar surface area (TPSA) is 74.8 Å². The lowest BCUT2D eigenvalue weighted by atomic mass is 10.00. The minimum atomic E-state index is -3.58. The highest BCUT2D eigenvalue weighted by Gasteiger charge is 2.20. The molecular weight excluding hydrogens is 286 g/mol. The van der Waals surface area contributed by atoms with Gasteiger partial charge in [-0.25, -0.2) is 18.1 Å². The molecule has 5 nitrogen and oxygen atoms in total. The third-order valence-corrected chi connectivity index (χ3v) is 4.85. The van der Waals surface area contributed by atoms with Crippen LogP contribution in [0.15, 0.2) is 35.5 Å². The zero-order valence-electron chi connectivity index (χ0n) is 12.7. The summed E-state index contributed by atoms with van der Waals surface area (Å²) in [7, 11) is -3.58. The zero-order valence-corrected chi connectivity index (χ0v) is 13.5. The number of aryl methyl sites for hydroxylation is 1. The molecule has 0 fully saturated rings. The Bertz CT molecular complexity index is 703. The molecule has 114 valence electrons. The molecule has 1 aromatic carbocycles. The van der Waals surface area contributed by atoms with Crippen LogP contribution in [0.1, 0.15) is 49.7 Å². The van der Waals surface area contributed by atoms with Gasteiger partial charge in [-0.3, -0.25) is 0 Å². The van der Waals surface area contributed by atoms with Crippen LogP contribution in [0.2, 0.25) is 0 Å². The molecular formula is C15H21N3O2S. The van der Waals surface area contributed by atoms with Gasteiger partial charge >= 0.3 is 0 Å². The first kappa shape index (κ1) is 15.7. The lowest BCUT2D eigenvalue weighted by Gasteiger charge is -2.15. The maximum atomic E-state index is 12.2. The summed E-state index contributed by atoms with van der Waals surface area (Å²) in [5, 5.41) is 0.0886. The van der Waals surface area contributed by atoms with Crippen molar-refractivity contribution < 1.29 is 8.42 Å². The van der Waals surface area contributed by atoms with E-state index in [9.17, 15) is 8.42 Å². The third-order valence-electron chi connectivity index (χ3n) is 3.40. The van der Waals surface area contributed by atoms with Crippen LogP contribution >= 0.6 is 0 Å². The van der Waals surface area contributed by atoms with Crippen LogP contribution in [-0.2, 0) is 10.0 Å². The van der Waals surface area contributed by atoms with Gasteiger partial charge in [-0.05, 0) is 30.9 Å². The number of hydrogen-bond donors (Lipinski definition) is 2. The number of nitrogens with one attached hydrogen (secondary N) is 2. The van der Waals surface area contributed by atoms with E-state index >= 15 is 0 Å². The summed E-state index contributed by atoms with van der Waals surface area (Å²) < 4.78 is 27.1. The number of imidazole rings is 1. The molecule has 2 aromatic rings. The predicted octanol–water partition coefficient (Wildman–Crippen LogP) is 2.88. The molecule has 6 heteroatoms. The Morgan fingerprint density at radius 3 is 2.14 bits per heavy atom. The van der Waals surface area contributed by atoms with Crippen molar-refractivity contribution in [2.24, 2.45) is 0 Å². The van der Waals surface area contributed by atoms with Crippen LogP contribution in [-0.4, -0.2) is 18.4 Å². The average molecular weight is 307 g/mol. The lowest BCUT2D eigenvalue weighted by Crippen LogP contribution is -2.27. The highest BCUT2D eigenvalue weighted by atomic mass is 32.2. The molecule has 1 aromatic heterocycles. The molecule has 0 radical (unpaired) electrons. The van der Waals surface area contributed by atoms with Gasteiger partial charge < -0.3 is 4.98 Å². The molecule has 0 saturated heterocycles. The quantitative estimate of drug-likeness (QED) is 0.892. The van der Waals surface area contributed by atoms with E-state index < -0.39 is 10.0 Å². The van der Waals surface area contributed by atoms with Gasteiger partial charge in [0.2, 0.25) is 0 Å². The second-order valence-electron chi connectivity index (χ2n) is 5.50. The van der Waals surface area contributed by atoms with Crippen molar-refractivity contribution in [3.05, 3.63) is 47.4 Å². The van der Waals surface area contributed by atoms with Gasteiger partial charge in [-0.1, -0.05) is 38.1 Å². The standard InChI is InChI=1S/C15H21N3O2S/c1-10(2)13-5-7-14(8-6-13)11(3)18-21(19,20)15-9-16-12(4)17-15/h5-11,18H,1-4H3,(H,16,17). The van der Waals surface area contributed by atoms with Gasteiger partial charge in [0.1, 0.15) is 5.82 Å². The van der Waals surface area contributed by atoms with E-state index in [-0.39, 0.29) is 11.1 Å². The van der Waals surface area contributed by atoms with E-state index in [0.29, 0.717) is 11.7 Å². The smallest absolute Gasteiger partial charge is 0.258 e. The summed E-state index contributed by atoms with van der Waals surface area (Å²) >= 11 is 0. The number of aromatic amines is 1. The first-order valence-corrected chi connectivity index (χ1v) is 8.41. The molecule has 0 spiro atoms. The fraction of sp³-hybridized carbons (Fsp3) is 0.400. The molecule has 1 heterocycles. The van der Waals surface area contributed by atoms with Crippen LogP contribution in [0.25, 0.3) is 0 Å². The summed E-state index contributed by atoms with van der Waals surface area (Å²) in [4.78, 5) is 6.65. The first-order chi connectivity index (χ1) is 9.79. The Morgan fingerprint density at radius 2 is 1.67 bits per heavy atom. The van der Waals surface area contributed by atoms with Crippen LogP contribution < -0.4 is 4.72 Å². The summed E-state index contributed by atoms with van der Waals surface area (Å²) in [6, 6.07) is 7.68. The fourth-order valence-corrected chi connectivity index (χ4v) is 3.27. The molecule has 0 aliphatic heterocycles. The highest BCUT2D eigenvalue weighted by molar-refractivity contribution is 7.89. The molecule has 2 rings (SSSR count). The number of hydrogen-bond acceptors (Lipinski definition) is 3. The minimum Gasteiger partial charge on any atom is -0.332 e. The molecule has 1 atom stereocenters. The summed E-state index contributed by atoms with van der Waals surface area (Å²) in [5.41, 5.74) is 2.16. The maximum absolute atomic E-state index is 12.2. The van der Waals surface area contributed by atoms with Crippen molar-refractivity contribution in [1.29, 1.82) is 0 Å². The van der Waals surface area contributed by atoms with E-state index in [1.165, 1.54) is 11.8 Å². The number of nitrogens with zero attached hydrogens (tertiary/aromatic N) is 1. The summed E-state index contributed by atoms with van der Waals surface area (Å²) in [5.74, 6) is 1.03. The fourth-order valence-electron chi connectivity index (χ4n) is 2.07. The Morgan fingerprint density at radius 1 is 1.10 bits per heavy atom. The largest absolute Gasteiger partial charge is 0.332 e. The number of benzene rings is 1. The molecule has 1 unspecified atom stereocenters. The molecule has 0 aliphatic rings. The Labute approximate surface area is 125 Å². The summed E-state index contributed by atoms with van der Waals surface area (Å²) in [6.45, 7) is 7.79. The lowest BCUT2D eigenvalue weighted by molar-refractivity contribution is 0.563. The Hall–Kier alpha value is -1.66. The van der Waals surface area contributed by atoms with Crippen LogP contribution in [0.3, 0.4) is 0 Å². The average Bonchev–Trinajstić information content (AvgIpc) is 2.86. The summed E-state index contributed by atoms with van der Waals surface area (Å²) in [6.07, 6.45) is 1.33. The van der Waals surface area contributed by atoms with E-state index in [1.807, 2.05) is 31.2 Å². The van der Waals surface area contributed by atoms with E-state index in [0.717, 1.165) is 5.56 Å². The molecule has 0 bridgehead atoms. The molecule has 2 N–H and O–H groups in total. The van der Waals surface area contributed by atoms with Gasteiger partial charge in [0.05, 0.1) is 6.20 Å². The van der Waals surface area contributed by atoms with Crippen molar-refractivity contribution in [2.75, 3.05) is 0 Å².